The van der Waals surface area contributed by atoms with Crippen molar-refractivity contribution in [3.8, 4) is 11.5 Å². The molecule has 0 atom stereocenters. The van der Waals surface area contributed by atoms with Crippen molar-refractivity contribution in [3.63, 3.8) is 0 Å². The number of carbonyl (C=O) groups is 1. The molecule has 0 spiro atoms. The number of hydrogen-bond acceptors (Lipinski definition) is 5. The summed E-state index contributed by atoms with van der Waals surface area (Å²) < 4.78 is 5.49. The average Bonchev–Trinajstić information content (AvgIpc) is 3.42. The van der Waals surface area contributed by atoms with Gasteiger partial charge < -0.3 is 14.6 Å². The van der Waals surface area contributed by atoms with Crippen molar-refractivity contribution in [2.45, 2.75) is 39.3 Å². The molecule has 0 saturated heterocycles. The maximum Gasteiger partial charge on any atom is 0.322 e. The van der Waals surface area contributed by atoms with E-state index >= 15 is 0 Å². The van der Waals surface area contributed by atoms with Crippen molar-refractivity contribution < 1.29 is 9.21 Å². The van der Waals surface area contributed by atoms with E-state index in [0.29, 0.717) is 24.4 Å². The van der Waals surface area contributed by atoms with Gasteiger partial charge in [-0.15, -0.1) is 10.2 Å². The number of carbonyl (C=O) groups excluding carboxylic acids is 1. The number of nitrogens with zero attached hydrogens (tertiary/aromatic N) is 4. The maximum absolute atomic E-state index is 13.0. The van der Waals surface area contributed by atoms with Crippen LogP contribution in [0, 0.1) is 13.8 Å². The Labute approximate surface area is 157 Å². The second-order valence-corrected chi connectivity index (χ2v) is 6.80. The fraction of sp³-hybridized carbons (Fsp3) is 0.300. The van der Waals surface area contributed by atoms with Gasteiger partial charge in [0.15, 0.2) is 0 Å². The number of aryl methyl sites for hydroxylation is 2. The number of anilines is 1. The van der Waals surface area contributed by atoms with E-state index in [0.717, 1.165) is 35.2 Å². The fourth-order valence-electron chi connectivity index (χ4n) is 2.93. The minimum Gasteiger partial charge on any atom is -0.421 e. The van der Waals surface area contributed by atoms with Crippen LogP contribution in [0.2, 0.25) is 0 Å². The zero-order valence-corrected chi connectivity index (χ0v) is 15.3. The summed E-state index contributed by atoms with van der Waals surface area (Å²) in [7, 11) is 0. The van der Waals surface area contributed by atoms with Gasteiger partial charge in [0, 0.05) is 43.2 Å². The zero-order valence-electron chi connectivity index (χ0n) is 15.3. The predicted molar refractivity (Wildman–Crippen MR) is 101 cm³/mol. The Hall–Kier alpha value is -3.22. The van der Waals surface area contributed by atoms with Crippen molar-refractivity contribution >= 4 is 11.7 Å². The molecule has 0 aliphatic heterocycles. The molecule has 2 amide bonds. The molecule has 1 saturated carbocycles. The van der Waals surface area contributed by atoms with Gasteiger partial charge in [0.2, 0.25) is 11.8 Å². The number of benzene rings is 1. The van der Waals surface area contributed by atoms with E-state index in [-0.39, 0.29) is 6.03 Å². The summed E-state index contributed by atoms with van der Waals surface area (Å²) in [6.45, 7) is 4.28. The van der Waals surface area contributed by atoms with Crippen molar-refractivity contribution in [1.82, 2.24) is 20.1 Å². The first-order chi connectivity index (χ1) is 13.1. The highest BCUT2D eigenvalue weighted by molar-refractivity contribution is 5.91. The quantitative estimate of drug-likeness (QED) is 0.742. The second kappa shape index (κ2) is 7.19. The van der Waals surface area contributed by atoms with Gasteiger partial charge in [0.25, 0.3) is 0 Å². The van der Waals surface area contributed by atoms with Crippen LogP contribution in [0.4, 0.5) is 10.5 Å². The molecule has 3 aromatic rings. The fourth-order valence-corrected chi connectivity index (χ4v) is 2.93. The highest BCUT2D eigenvalue weighted by Crippen LogP contribution is 2.30. The Balaban J connectivity index is 1.54. The number of nitrogens with one attached hydrogen (secondary N) is 1. The summed E-state index contributed by atoms with van der Waals surface area (Å²) in [5, 5.41) is 11.0. The van der Waals surface area contributed by atoms with Gasteiger partial charge in [0.05, 0.1) is 0 Å². The van der Waals surface area contributed by atoms with Gasteiger partial charge in [-0.2, -0.15) is 0 Å². The van der Waals surface area contributed by atoms with Gasteiger partial charge in [-0.25, -0.2) is 4.79 Å². The van der Waals surface area contributed by atoms with Crippen molar-refractivity contribution in [1.29, 1.82) is 0 Å². The third-order valence-corrected chi connectivity index (χ3v) is 4.60. The summed E-state index contributed by atoms with van der Waals surface area (Å²) in [6, 6.07) is 9.79. The molecule has 1 fully saturated rings. The number of pyridine rings is 1. The van der Waals surface area contributed by atoms with E-state index in [9.17, 15) is 4.79 Å². The summed E-state index contributed by atoms with van der Waals surface area (Å²) >= 11 is 0. The molecular formula is C20H21N5O2. The van der Waals surface area contributed by atoms with Gasteiger partial charge in [-0.1, -0.05) is 6.07 Å². The molecule has 2 aromatic heterocycles. The van der Waals surface area contributed by atoms with E-state index in [1.54, 1.807) is 19.3 Å². The van der Waals surface area contributed by atoms with Gasteiger partial charge in [-0.3, -0.25) is 4.98 Å². The number of aromatic nitrogens is 3. The smallest absolute Gasteiger partial charge is 0.322 e. The molecule has 2 heterocycles. The lowest BCUT2D eigenvalue weighted by atomic mass is 10.1. The van der Waals surface area contributed by atoms with Crippen molar-refractivity contribution in [2.75, 3.05) is 5.32 Å². The Morgan fingerprint density at radius 3 is 2.63 bits per heavy atom. The lowest BCUT2D eigenvalue weighted by Crippen LogP contribution is -2.36. The lowest BCUT2D eigenvalue weighted by molar-refractivity contribution is 0.206. The second-order valence-electron chi connectivity index (χ2n) is 6.80. The van der Waals surface area contributed by atoms with E-state index < -0.39 is 0 Å². The number of amides is 2. The molecule has 1 aromatic carbocycles. The summed E-state index contributed by atoms with van der Waals surface area (Å²) in [5.74, 6) is 0.951. The molecule has 1 N–H and O–H groups in total. The van der Waals surface area contributed by atoms with Crippen LogP contribution < -0.4 is 5.32 Å². The van der Waals surface area contributed by atoms with E-state index in [2.05, 4.69) is 20.5 Å². The van der Waals surface area contributed by atoms with Crippen LogP contribution in [-0.2, 0) is 6.54 Å². The van der Waals surface area contributed by atoms with Gasteiger partial charge in [0.1, 0.15) is 0 Å². The van der Waals surface area contributed by atoms with Crippen LogP contribution >= 0.6 is 0 Å². The molecule has 7 heteroatoms. The minimum absolute atomic E-state index is 0.101. The summed E-state index contributed by atoms with van der Waals surface area (Å²) in [6.07, 6.45) is 5.58. The number of rotatable bonds is 5. The molecule has 7 nitrogen and oxygen atoms in total. The highest BCUT2D eigenvalue weighted by Gasteiger charge is 2.32. The van der Waals surface area contributed by atoms with Gasteiger partial charge in [-0.05, 0) is 55.2 Å². The molecule has 1 aliphatic rings. The summed E-state index contributed by atoms with van der Waals surface area (Å²) in [5.41, 5.74) is 3.57. The third-order valence-electron chi connectivity index (χ3n) is 4.60. The Bertz CT molecular complexity index is 950. The van der Waals surface area contributed by atoms with Crippen LogP contribution in [0.1, 0.15) is 29.9 Å². The van der Waals surface area contributed by atoms with Crippen LogP contribution in [0.3, 0.4) is 0 Å². The largest absolute Gasteiger partial charge is 0.421 e. The van der Waals surface area contributed by atoms with E-state index in [1.165, 1.54) is 0 Å². The first-order valence-electron chi connectivity index (χ1n) is 8.98. The zero-order chi connectivity index (χ0) is 18.8. The molecule has 27 heavy (non-hydrogen) atoms. The molecule has 0 radical (unpaired) electrons. The Morgan fingerprint density at radius 1 is 1.19 bits per heavy atom. The molecule has 138 valence electrons. The normalized spacial score (nSPS) is 13.4. The van der Waals surface area contributed by atoms with E-state index in [4.69, 9.17) is 4.42 Å². The molecular weight excluding hydrogens is 342 g/mol. The highest BCUT2D eigenvalue weighted by atomic mass is 16.4. The van der Waals surface area contributed by atoms with Crippen LogP contribution in [0.25, 0.3) is 11.5 Å². The van der Waals surface area contributed by atoms with Crippen LogP contribution in [0.5, 0.6) is 0 Å². The lowest BCUT2D eigenvalue weighted by Gasteiger charge is -2.23. The first kappa shape index (κ1) is 17.2. The summed E-state index contributed by atoms with van der Waals surface area (Å²) in [4.78, 5) is 18.9. The molecule has 0 bridgehead atoms. The van der Waals surface area contributed by atoms with Crippen LogP contribution in [-0.4, -0.2) is 32.2 Å². The predicted octanol–water partition coefficient (Wildman–Crippen LogP) is 3.94. The maximum atomic E-state index is 13.0. The topological polar surface area (TPSA) is 84.2 Å². The minimum atomic E-state index is -0.101. The van der Waals surface area contributed by atoms with Crippen molar-refractivity contribution in [3.05, 3.63) is 59.7 Å². The van der Waals surface area contributed by atoms with Crippen LogP contribution in [0.15, 0.2) is 47.1 Å². The molecule has 0 unspecified atom stereocenters. The van der Waals surface area contributed by atoms with Gasteiger partial charge >= 0.3 is 6.03 Å². The standard InChI is InChI=1S/C20H21N5O2/c1-13-3-4-16(19-24-23-14(2)27-19)11-18(13)22-20(26)25(17-5-6-17)12-15-7-9-21-10-8-15/h3-4,7-11,17H,5-6,12H2,1-2H3,(H,22,26). The SMILES string of the molecule is Cc1nnc(-c2ccc(C)c(NC(=O)N(Cc3ccncc3)C3CC3)c2)o1. The number of urea groups is 1. The molecule has 1 aliphatic carbocycles. The molecule has 4 rings (SSSR count). The third kappa shape index (κ3) is 3.97. The average molecular weight is 363 g/mol. The van der Waals surface area contributed by atoms with Crippen molar-refractivity contribution in [2.24, 2.45) is 0 Å². The monoisotopic (exact) mass is 363 g/mol. The first-order valence-corrected chi connectivity index (χ1v) is 8.98. The van der Waals surface area contributed by atoms with E-state index in [1.807, 2.05) is 42.2 Å². The Kier molecular flexibility index (Phi) is 4.58. The Morgan fingerprint density at radius 2 is 1.96 bits per heavy atom. The number of hydrogen-bond donors (Lipinski definition) is 1.